The van der Waals surface area contributed by atoms with Crippen molar-refractivity contribution in [1.82, 2.24) is 19.8 Å². The predicted molar refractivity (Wildman–Crippen MR) is 78.5 cm³/mol. The molecule has 22 heavy (non-hydrogen) atoms. The summed E-state index contributed by atoms with van der Waals surface area (Å²) >= 11 is 1.30. The van der Waals surface area contributed by atoms with Crippen molar-refractivity contribution in [3.63, 3.8) is 0 Å². The van der Waals surface area contributed by atoms with Crippen LogP contribution in [0.5, 0.6) is 0 Å². The molecule has 0 unspecified atom stereocenters. The Bertz CT molecular complexity index is 973. The van der Waals surface area contributed by atoms with Gasteiger partial charge >= 0.3 is 0 Å². The monoisotopic (exact) mass is 313 g/mol. The van der Waals surface area contributed by atoms with Crippen LogP contribution in [0, 0.1) is 10.1 Å². The molecule has 9 heteroatoms. The van der Waals surface area contributed by atoms with Crippen LogP contribution in [-0.4, -0.2) is 24.7 Å². The van der Waals surface area contributed by atoms with Crippen LogP contribution in [-0.2, 0) is 0 Å². The fraction of sp³-hybridized carbons (Fsp3) is 0. The predicted octanol–water partition coefficient (Wildman–Crippen LogP) is 3.02. The minimum Gasteiger partial charge on any atom is -0.461 e. The van der Waals surface area contributed by atoms with Crippen molar-refractivity contribution in [3.05, 3.63) is 52.8 Å². The second-order valence-corrected chi connectivity index (χ2v) is 5.37. The minimum absolute atomic E-state index is 0.0229. The van der Waals surface area contributed by atoms with Crippen LogP contribution in [0.1, 0.15) is 0 Å². The zero-order valence-corrected chi connectivity index (χ0v) is 11.7. The third-order valence-electron chi connectivity index (χ3n) is 3.04. The van der Waals surface area contributed by atoms with E-state index >= 15 is 0 Å². The number of fused-ring (bicyclic) bond motifs is 1. The first-order chi connectivity index (χ1) is 10.7. The number of furan rings is 1. The second-order valence-electron chi connectivity index (χ2n) is 4.41. The smallest absolute Gasteiger partial charge is 0.270 e. The van der Waals surface area contributed by atoms with E-state index in [0.29, 0.717) is 27.1 Å². The average molecular weight is 313 g/mol. The number of aromatic nitrogens is 4. The number of benzene rings is 1. The fourth-order valence-corrected chi connectivity index (χ4v) is 2.88. The summed E-state index contributed by atoms with van der Waals surface area (Å²) in [6.45, 7) is 0. The van der Waals surface area contributed by atoms with Gasteiger partial charge in [-0.25, -0.2) is 0 Å². The van der Waals surface area contributed by atoms with Crippen molar-refractivity contribution >= 4 is 22.0 Å². The number of nitrogens with zero attached hydrogens (tertiary/aromatic N) is 5. The molecule has 3 aromatic heterocycles. The second kappa shape index (κ2) is 4.74. The van der Waals surface area contributed by atoms with Crippen molar-refractivity contribution < 1.29 is 9.34 Å². The van der Waals surface area contributed by atoms with Gasteiger partial charge in [-0.05, 0) is 12.1 Å². The maximum atomic E-state index is 10.9. The molecular weight excluding hydrogens is 306 g/mol. The van der Waals surface area contributed by atoms with Crippen LogP contribution >= 0.6 is 11.3 Å². The van der Waals surface area contributed by atoms with E-state index in [0.717, 1.165) is 0 Å². The Morgan fingerprint density at radius 2 is 2.14 bits per heavy atom. The van der Waals surface area contributed by atoms with E-state index in [-0.39, 0.29) is 5.69 Å². The van der Waals surface area contributed by atoms with E-state index < -0.39 is 4.92 Å². The van der Waals surface area contributed by atoms with Gasteiger partial charge in [0, 0.05) is 17.7 Å². The summed E-state index contributed by atoms with van der Waals surface area (Å²) in [5.41, 5.74) is 0.685. The van der Waals surface area contributed by atoms with Crippen molar-refractivity contribution in [3.8, 4) is 22.2 Å². The van der Waals surface area contributed by atoms with E-state index in [4.69, 9.17) is 4.42 Å². The molecule has 0 bridgehead atoms. The highest BCUT2D eigenvalue weighted by molar-refractivity contribution is 7.19. The Morgan fingerprint density at radius 3 is 2.91 bits per heavy atom. The van der Waals surface area contributed by atoms with Crippen LogP contribution in [0.25, 0.3) is 27.1 Å². The Kier molecular flexibility index (Phi) is 2.73. The first-order valence-corrected chi connectivity index (χ1v) is 7.05. The molecule has 0 aliphatic carbocycles. The quantitative estimate of drug-likeness (QED) is 0.426. The number of hydrogen-bond acceptors (Lipinski definition) is 7. The summed E-state index contributed by atoms with van der Waals surface area (Å²) in [5, 5.41) is 24.0. The highest BCUT2D eigenvalue weighted by Crippen LogP contribution is 2.29. The molecule has 0 saturated carbocycles. The highest BCUT2D eigenvalue weighted by atomic mass is 32.1. The van der Waals surface area contributed by atoms with E-state index in [1.54, 1.807) is 35.0 Å². The van der Waals surface area contributed by atoms with E-state index in [1.807, 2.05) is 0 Å². The van der Waals surface area contributed by atoms with Crippen LogP contribution in [0.4, 0.5) is 5.69 Å². The minimum atomic E-state index is -0.432. The summed E-state index contributed by atoms with van der Waals surface area (Å²) < 4.78 is 6.87. The van der Waals surface area contributed by atoms with Crippen LogP contribution in [0.3, 0.4) is 0 Å². The van der Waals surface area contributed by atoms with Gasteiger partial charge in [-0.3, -0.25) is 10.1 Å². The molecule has 4 rings (SSSR count). The molecule has 1 aromatic carbocycles. The topological polar surface area (TPSA) is 99.4 Å². The molecule has 0 fully saturated rings. The number of rotatable bonds is 3. The van der Waals surface area contributed by atoms with Gasteiger partial charge < -0.3 is 4.42 Å². The van der Waals surface area contributed by atoms with Gasteiger partial charge in [-0.1, -0.05) is 23.5 Å². The van der Waals surface area contributed by atoms with Gasteiger partial charge in [0.15, 0.2) is 5.76 Å². The van der Waals surface area contributed by atoms with Gasteiger partial charge in [0.25, 0.3) is 5.69 Å². The van der Waals surface area contributed by atoms with Gasteiger partial charge in [0.1, 0.15) is 5.01 Å². The highest BCUT2D eigenvalue weighted by Gasteiger charge is 2.17. The molecule has 0 radical (unpaired) electrons. The lowest BCUT2D eigenvalue weighted by molar-refractivity contribution is -0.384. The molecule has 0 amide bonds. The van der Waals surface area contributed by atoms with Crippen molar-refractivity contribution in [2.45, 2.75) is 0 Å². The molecule has 0 saturated heterocycles. The maximum absolute atomic E-state index is 10.9. The molecule has 0 aliphatic heterocycles. The van der Waals surface area contributed by atoms with Crippen LogP contribution in [0.15, 0.2) is 47.1 Å². The van der Waals surface area contributed by atoms with E-state index in [1.165, 1.54) is 23.5 Å². The van der Waals surface area contributed by atoms with Crippen molar-refractivity contribution in [2.75, 3.05) is 0 Å². The van der Waals surface area contributed by atoms with Gasteiger partial charge in [0.2, 0.25) is 10.8 Å². The van der Waals surface area contributed by atoms with E-state index in [2.05, 4.69) is 15.3 Å². The lowest BCUT2D eigenvalue weighted by Crippen LogP contribution is -1.91. The largest absolute Gasteiger partial charge is 0.461 e. The third-order valence-corrected chi connectivity index (χ3v) is 3.98. The zero-order chi connectivity index (χ0) is 15.1. The molecule has 0 spiro atoms. The summed E-state index contributed by atoms with van der Waals surface area (Å²) in [5.74, 6) is 1.05. The molecule has 0 N–H and O–H groups in total. The van der Waals surface area contributed by atoms with Crippen LogP contribution < -0.4 is 0 Å². The first kappa shape index (κ1) is 12.7. The summed E-state index contributed by atoms with van der Waals surface area (Å²) in [4.78, 5) is 11.0. The summed E-state index contributed by atoms with van der Waals surface area (Å²) in [7, 11) is 0. The Balaban J connectivity index is 1.84. The normalized spacial score (nSPS) is 11.1. The molecule has 0 atom stereocenters. The van der Waals surface area contributed by atoms with Crippen molar-refractivity contribution in [1.29, 1.82) is 0 Å². The molecule has 4 aromatic rings. The summed E-state index contributed by atoms with van der Waals surface area (Å²) in [6.07, 6.45) is 1.55. The molecule has 8 nitrogen and oxygen atoms in total. The fourth-order valence-electron chi connectivity index (χ4n) is 2.05. The molecule has 0 aliphatic rings. The number of hydrogen-bond donors (Lipinski definition) is 0. The molecule has 3 heterocycles. The number of nitro benzene ring substituents is 1. The standard InChI is InChI=1S/C13H7N5O3S/c19-18(20)9-4-1-3-8(7-9)12-16-17-11(10-5-2-6-21-10)14-15-13(17)22-12/h1-7H. The summed E-state index contributed by atoms with van der Waals surface area (Å²) in [6, 6.07) is 9.85. The van der Waals surface area contributed by atoms with Gasteiger partial charge in [-0.15, -0.1) is 10.2 Å². The lowest BCUT2D eigenvalue weighted by atomic mass is 10.2. The van der Waals surface area contributed by atoms with Gasteiger partial charge in [-0.2, -0.15) is 9.61 Å². The maximum Gasteiger partial charge on any atom is 0.270 e. The van der Waals surface area contributed by atoms with Crippen molar-refractivity contribution in [2.24, 2.45) is 0 Å². The SMILES string of the molecule is O=[N+]([O-])c1cccc(-c2nn3c(-c4ccco4)nnc3s2)c1. The molecule has 108 valence electrons. The Hall–Kier alpha value is -3.07. The third kappa shape index (κ3) is 1.95. The average Bonchev–Trinajstić information content (AvgIpc) is 3.23. The van der Waals surface area contributed by atoms with Gasteiger partial charge in [0.05, 0.1) is 11.2 Å². The molecular formula is C13H7N5O3S. The zero-order valence-electron chi connectivity index (χ0n) is 10.9. The van der Waals surface area contributed by atoms with E-state index in [9.17, 15) is 10.1 Å². The number of nitro groups is 1. The number of non-ortho nitro benzene ring substituents is 1. The lowest BCUT2D eigenvalue weighted by Gasteiger charge is -1.95. The van der Waals surface area contributed by atoms with Crippen LogP contribution in [0.2, 0.25) is 0 Å². The first-order valence-electron chi connectivity index (χ1n) is 6.23. The Labute approximate surface area is 126 Å². The Morgan fingerprint density at radius 1 is 1.23 bits per heavy atom.